The quantitative estimate of drug-likeness (QED) is 0.869. The average Bonchev–Trinajstić information content (AvgIpc) is 2.88. The number of carbonyl (C=O) groups is 3. The summed E-state index contributed by atoms with van der Waals surface area (Å²) in [5, 5.41) is 3.30. The van der Waals surface area contributed by atoms with Gasteiger partial charge in [0, 0.05) is 44.7 Å². The van der Waals surface area contributed by atoms with Gasteiger partial charge in [-0.05, 0) is 29.7 Å². The van der Waals surface area contributed by atoms with Crippen molar-refractivity contribution in [1.82, 2.24) is 9.80 Å². The molecule has 1 fully saturated rings. The summed E-state index contributed by atoms with van der Waals surface area (Å²) in [7, 11) is 0. The first-order chi connectivity index (χ1) is 14.1. The Bertz CT molecular complexity index is 916. The van der Waals surface area contributed by atoms with Gasteiger partial charge in [-0.1, -0.05) is 36.4 Å². The molecule has 0 atom stereocenters. The Morgan fingerprint density at radius 3 is 2.45 bits per heavy atom. The average molecular weight is 391 g/mol. The third-order valence-corrected chi connectivity index (χ3v) is 5.55. The molecule has 2 aliphatic rings. The van der Waals surface area contributed by atoms with Crippen molar-refractivity contribution < 1.29 is 14.4 Å². The predicted molar refractivity (Wildman–Crippen MR) is 111 cm³/mol. The number of nitrogens with one attached hydrogen (secondary N) is 1. The minimum atomic E-state index is -0.124. The van der Waals surface area contributed by atoms with Crippen LogP contribution in [-0.4, -0.2) is 60.1 Å². The van der Waals surface area contributed by atoms with E-state index in [4.69, 9.17) is 0 Å². The highest BCUT2D eigenvalue weighted by molar-refractivity contribution is 6.02. The number of anilines is 1. The second-order valence-electron chi connectivity index (χ2n) is 7.62. The fraction of sp³-hybridized carbons (Fsp3) is 0.348. The van der Waals surface area contributed by atoms with Crippen molar-refractivity contribution in [2.75, 3.05) is 38.0 Å². The van der Waals surface area contributed by atoms with Crippen LogP contribution in [0.1, 0.15) is 34.3 Å². The van der Waals surface area contributed by atoms with Gasteiger partial charge >= 0.3 is 0 Å². The van der Waals surface area contributed by atoms with E-state index in [0.717, 1.165) is 17.7 Å². The smallest absolute Gasteiger partial charge is 0.256 e. The molecule has 0 spiro atoms. The standard InChI is InChI=1S/C23H25N3O3/c27-19-8-11-25(12-9-19)22(28)16-26-13-10-24-21-7-6-18(15-20(21)23(26)29)14-17-4-2-1-3-5-17/h1-7,15,24H,8-14,16H2. The summed E-state index contributed by atoms with van der Waals surface area (Å²) in [6.07, 6.45) is 1.57. The third-order valence-electron chi connectivity index (χ3n) is 5.55. The van der Waals surface area contributed by atoms with E-state index in [1.54, 1.807) is 9.80 Å². The van der Waals surface area contributed by atoms with Crippen molar-refractivity contribution in [3.8, 4) is 0 Å². The van der Waals surface area contributed by atoms with Crippen molar-refractivity contribution in [1.29, 1.82) is 0 Å². The molecule has 4 rings (SSSR count). The van der Waals surface area contributed by atoms with E-state index in [-0.39, 0.29) is 24.1 Å². The molecular weight excluding hydrogens is 366 g/mol. The van der Waals surface area contributed by atoms with Crippen LogP contribution in [0.25, 0.3) is 0 Å². The number of fused-ring (bicyclic) bond motifs is 1. The summed E-state index contributed by atoms with van der Waals surface area (Å²) < 4.78 is 0. The topological polar surface area (TPSA) is 69.7 Å². The largest absolute Gasteiger partial charge is 0.383 e. The first kappa shape index (κ1) is 19.2. The Hall–Kier alpha value is -3.15. The van der Waals surface area contributed by atoms with Gasteiger partial charge in [-0.2, -0.15) is 0 Å². The van der Waals surface area contributed by atoms with Gasteiger partial charge in [0.15, 0.2) is 0 Å². The predicted octanol–water partition coefficient (Wildman–Crippen LogP) is 2.34. The second-order valence-corrected chi connectivity index (χ2v) is 7.62. The lowest BCUT2D eigenvalue weighted by molar-refractivity contribution is -0.135. The van der Waals surface area contributed by atoms with E-state index < -0.39 is 0 Å². The lowest BCUT2D eigenvalue weighted by Gasteiger charge is -2.29. The van der Waals surface area contributed by atoms with Gasteiger partial charge in [-0.15, -0.1) is 0 Å². The van der Waals surface area contributed by atoms with Crippen LogP contribution in [0.15, 0.2) is 48.5 Å². The molecule has 2 aromatic rings. The van der Waals surface area contributed by atoms with Crippen LogP contribution in [0.4, 0.5) is 5.69 Å². The Morgan fingerprint density at radius 2 is 1.69 bits per heavy atom. The van der Waals surface area contributed by atoms with E-state index >= 15 is 0 Å². The third kappa shape index (κ3) is 4.47. The van der Waals surface area contributed by atoms with Gasteiger partial charge in [0.2, 0.25) is 5.91 Å². The molecule has 2 aromatic carbocycles. The highest BCUT2D eigenvalue weighted by Crippen LogP contribution is 2.23. The Kier molecular flexibility index (Phi) is 5.60. The van der Waals surface area contributed by atoms with E-state index in [2.05, 4.69) is 17.4 Å². The maximum absolute atomic E-state index is 13.2. The first-order valence-electron chi connectivity index (χ1n) is 10.1. The number of hydrogen-bond acceptors (Lipinski definition) is 4. The number of likely N-dealkylation sites (tertiary alicyclic amines) is 1. The Labute approximate surface area is 170 Å². The lowest BCUT2D eigenvalue weighted by Crippen LogP contribution is -2.46. The van der Waals surface area contributed by atoms with Gasteiger partial charge in [-0.25, -0.2) is 0 Å². The Morgan fingerprint density at radius 1 is 0.931 bits per heavy atom. The van der Waals surface area contributed by atoms with Crippen molar-refractivity contribution >= 4 is 23.3 Å². The molecule has 2 amide bonds. The van der Waals surface area contributed by atoms with Crippen molar-refractivity contribution in [2.24, 2.45) is 0 Å². The lowest BCUT2D eigenvalue weighted by atomic mass is 10.0. The zero-order valence-corrected chi connectivity index (χ0v) is 16.4. The number of hydrogen-bond donors (Lipinski definition) is 1. The van der Waals surface area contributed by atoms with Crippen LogP contribution in [0.2, 0.25) is 0 Å². The minimum Gasteiger partial charge on any atom is -0.383 e. The van der Waals surface area contributed by atoms with Crippen LogP contribution in [0.3, 0.4) is 0 Å². The molecule has 150 valence electrons. The molecule has 6 nitrogen and oxygen atoms in total. The molecule has 6 heteroatoms. The summed E-state index contributed by atoms with van der Waals surface area (Å²) in [6, 6.07) is 16.1. The SMILES string of the molecule is O=C1CCN(C(=O)CN2CCNc3ccc(Cc4ccccc4)cc3C2=O)CC1. The number of Topliss-reactive ketones (excluding diaryl/α,β-unsaturated/α-hetero) is 1. The molecule has 0 radical (unpaired) electrons. The number of piperidine rings is 1. The zero-order chi connectivity index (χ0) is 20.2. The van der Waals surface area contributed by atoms with Crippen LogP contribution < -0.4 is 5.32 Å². The van der Waals surface area contributed by atoms with Crippen molar-refractivity contribution in [3.05, 3.63) is 65.2 Å². The summed E-state index contributed by atoms with van der Waals surface area (Å²) in [6.45, 7) is 2.03. The van der Waals surface area contributed by atoms with E-state index in [1.807, 2.05) is 36.4 Å². The summed E-state index contributed by atoms with van der Waals surface area (Å²) >= 11 is 0. The molecular formula is C23H25N3O3. The van der Waals surface area contributed by atoms with Crippen molar-refractivity contribution in [2.45, 2.75) is 19.3 Å². The zero-order valence-electron chi connectivity index (χ0n) is 16.4. The van der Waals surface area contributed by atoms with Gasteiger partial charge in [0.05, 0.1) is 5.56 Å². The number of carbonyl (C=O) groups excluding carboxylic acids is 3. The fourth-order valence-corrected chi connectivity index (χ4v) is 3.88. The van der Waals surface area contributed by atoms with Gasteiger partial charge in [0.1, 0.15) is 12.3 Å². The van der Waals surface area contributed by atoms with Gasteiger partial charge in [0.25, 0.3) is 5.91 Å². The highest BCUT2D eigenvalue weighted by Gasteiger charge is 2.27. The highest BCUT2D eigenvalue weighted by atomic mass is 16.2. The minimum absolute atomic E-state index is 0.0526. The molecule has 0 unspecified atom stereocenters. The molecule has 0 saturated carbocycles. The number of nitrogens with zero attached hydrogens (tertiary/aromatic N) is 2. The fourth-order valence-electron chi connectivity index (χ4n) is 3.88. The second kappa shape index (κ2) is 8.47. The van der Waals surface area contributed by atoms with Gasteiger partial charge < -0.3 is 15.1 Å². The molecule has 2 heterocycles. The molecule has 0 aromatic heterocycles. The first-order valence-corrected chi connectivity index (χ1v) is 10.1. The van der Waals surface area contributed by atoms with E-state index in [9.17, 15) is 14.4 Å². The van der Waals surface area contributed by atoms with Crippen molar-refractivity contribution in [3.63, 3.8) is 0 Å². The molecule has 1 N–H and O–H groups in total. The molecule has 2 aliphatic heterocycles. The van der Waals surface area contributed by atoms with Crippen LogP contribution in [0.5, 0.6) is 0 Å². The van der Waals surface area contributed by atoms with E-state index in [0.29, 0.717) is 44.6 Å². The number of amides is 2. The van der Waals surface area contributed by atoms with Gasteiger partial charge in [-0.3, -0.25) is 14.4 Å². The Balaban J connectivity index is 1.49. The van der Waals surface area contributed by atoms with E-state index in [1.165, 1.54) is 5.56 Å². The van der Waals surface area contributed by atoms with Crippen LogP contribution >= 0.6 is 0 Å². The maximum Gasteiger partial charge on any atom is 0.256 e. The normalized spacial score (nSPS) is 16.8. The number of benzene rings is 2. The molecule has 29 heavy (non-hydrogen) atoms. The maximum atomic E-state index is 13.2. The summed E-state index contributed by atoms with van der Waals surface area (Å²) in [5.41, 5.74) is 3.67. The molecule has 1 saturated heterocycles. The monoisotopic (exact) mass is 391 g/mol. The number of rotatable bonds is 4. The summed E-state index contributed by atoms with van der Waals surface area (Å²) in [4.78, 5) is 40.5. The number of ketones is 1. The molecule has 0 bridgehead atoms. The summed E-state index contributed by atoms with van der Waals surface area (Å²) in [5.74, 6) is -0.0138. The molecule has 0 aliphatic carbocycles. The van der Waals surface area contributed by atoms with Crippen LogP contribution in [0, 0.1) is 0 Å². The van der Waals surface area contributed by atoms with Crippen LogP contribution in [-0.2, 0) is 16.0 Å².